The Morgan fingerprint density at radius 2 is 2.28 bits per heavy atom. The molecule has 1 aliphatic rings. The van der Waals surface area contributed by atoms with Gasteiger partial charge in [-0.2, -0.15) is 5.10 Å². The first-order chi connectivity index (χ1) is 12.1. The Kier molecular flexibility index (Phi) is 5.33. The van der Waals surface area contributed by atoms with Crippen LogP contribution in [-0.4, -0.2) is 52.7 Å². The largest absolute Gasteiger partial charge is 0.492 e. The Morgan fingerprint density at radius 1 is 1.40 bits per heavy atom. The van der Waals surface area contributed by atoms with Gasteiger partial charge < -0.3 is 15.0 Å². The minimum atomic E-state index is -0.158. The van der Waals surface area contributed by atoms with Crippen LogP contribution >= 0.6 is 0 Å². The molecular weight excluding hydrogens is 320 g/mol. The predicted octanol–water partition coefficient (Wildman–Crippen LogP) is 1.00. The van der Waals surface area contributed by atoms with Crippen LogP contribution in [0.4, 0.5) is 0 Å². The van der Waals surface area contributed by atoms with Crippen LogP contribution in [0.2, 0.25) is 0 Å². The summed E-state index contributed by atoms with van der Waals surface area (Å²) in [6.45, 7) is 1.53. The molecule has 0 aliphatic carbocycles. The van der Waals surface area contributed by atoms with Crippen molar-refractivity contribution in [1.29, 1.82) is 0 Å². The molecule has 131 valence electrons. The first-order valence-corrected chi connectivity index (χ1v) is 8.29. The Balaban J connectivity index is 1.43. The Morgan fingerprint density at radius 3 is 3.00 bits per heavy atom. The number of nitrogens with one attached hydrogen (secondary N) is 1. The standard InChI is InChI=1S/C18H21N4O3/c1-21-12-15(11-20-21)14-4-2-5-16(10-14)25-9-7-19-17(23)13-22-8-3-6-18(22)24/h4-5,10-12H,3,6-9,13H2,1H3,(H,19,23). The third-order valence-electron chi connectivity index (χ3n) is 4.00. The van der Waals surface area contributed by atoms with E-state index in [0.29, 0.717) is 31.9 Å². The van der Waals surface area contributed by atoms with Gasteiger partial charge in [-0.1, -0.05) is 0 Å². The maximum atomic E-state index is 11.8. The Hall–Kier alpha value is -2.83. The van der Waals surface area contributed by atoms with Gasteiger partial charge in [0.05, 0.1) is 19.3 Å². The number of carbonyl (C=O) groups is 2. The van der Waals surface area contributed by atoms with Crippen LogP contribution in [0.3, 0.4) is 0 Å². The van der Waals surface area contributed by atoms with Crippen molar-refractivity contribution < 1.29 is 14.3 Å². The number of benzene rings is 1. The van der Waals surface area contributed by atoms with Crippen LogP contribution in [0.15, 0.2) is 30.6 Å². The molecule has 1 aromatic heterocycles. The minimum Gasteiger partial charge on any atom is -0.492 e. The van der Waals surface area contributed by atoms with Crippen molar-refractivity contribution >= 4 is 11.8 Å². The topological polar surface area (TPSA) is 76.5 Å². The normalized spacial score (nSPS) is 14.0. The van der Waals surface area contributed by atoms with E-state index >= 15 is 0 Å². The van der Waals surface area contributed by atoms with E-state index in [4.69, 9.17) is 4.74 Å². The highest BCUT2D eigenvalue weighted by molar-refractivity contribution is 5.85. The fourth-order valence-electron chi connectivity index (χ4n) is 2.73. The molecule has 0 spiro atoms. The summed E-state index contributed by atoms with van der Waals surface area (Å²) in [4.78, 5) is 24.9. The van der Waals surface area contributed by atoms with Gasteiger partial charge in [-0.05, 0) is 36.2 Å². The minimum absolute atomic E-state index is 0.0501. The van der Waals surface area contributed by atoms with Gasteiger partial charge in [0.2, 0.25) is 11.8 Å². The van der Waals surface area contributed by atoms with E-state index in [-0.39, 0.29) is 18.4 Å². The molecule has 2 aromatic rings. The number of nitrogens with zero attached hydrogens (tertiary/aromatic N) is 3. The van der Waals surface area contributed by atoms with Gasteiger partial charge in [0, 0.05) is 31.8 Å². The van der Waals surface area contributed by atoms with Gasteiger partial charge >= 0.3 is 0 Å². The average Bonchev–Trinajstić information content (AvgIpc) is 3.21. The molecule has 0 saturated carbocycles. The molecule has 7 heteroatoms. The third kappa shape index (κ3) is 4.59. The number of amides is 2. The lowest BCUT2D eigenvalue weighted by molar-refractivity contribution is -0.133. The lowest BCUT2D eigenvalue weighted by Crippen LogP contribution is -2.39. The molecular formula is C18H21N4O3. The van der Waals surface area contributed by atoms with Crippen LogP contribution < -0.4 is 10.1 Å². The second-order valence-corrected chi connectivity index (χ2v) is 5.98. The van der Waals surface area contributed by atoms with Crippen molar-refractivity contribution in [3.63, 3.8) is 0 Å². The van der Waals surface area contributed by atoms with Crippen LogP contribution in [0, 0.1) is 6.07 Å². The summed E-state index contributed by atoms with van der Waals surface area (Å²) >= 11 is 0. The molecule has 1 radical (unpaired) electrons. The molecule has 0 unspecified atom stereocenters. The van der Waals surface area contributed by atoms with Gasteiger partial charge in [0.25, 0.3) is 0 Å². The zero-order chi connectivity index (χ0) is 17.6. The molecule has 1 aliphatic heterocycles. The number of hydrogen-bond acceptors (Lipinski definition) is 4. The predicted molar refractivity (Wildman–Crippen MR) is 91.8 cm³/mol. The van der Waals surface area contributed by atoms with E-state index in [1.807, 2.05) is 25.4 Å². The van der Waals surface area contributed by atoms with E-state index in [9.17, 15) is 9.59 Å². The summed E-state index contributed by atoms with van der Waals surface area (Å²) < 4.78 is 7.40. The molecule has 0 bridgehead atoms. The maximum Gasteiger partial charge on any atom is 0.239 e. The second kappa shape index (κ2) is 7.83. The van der Waals surface area contributed by atoms with E-state index in [0.717, 1.165) is 17.5 Å². The molecule has 3 rings (SSSR count). The van der Waals surface area contributed by atoms with Crippen molar-refractivity contribution in [3.8, 4) is 16.9 Å². The molecule has 7 nitrogen and oxygen atoms in total. The number of likely N-dealkylation sites (tertiary alicyclic amines) is 1. The first kappa shape index (κ1) is 17.0. The lowest BCUT2D eigenvalue weighted by atomic mass is 10.1. The third-order valence-corrected chi connectivity index (χ3v) is 4.00. The molecule has 1 aromatic carbocycles. The summed E-state index contributed by atoms with van der Waals surface area (Å²) in [5.74, 6) is 0.578. The Bertz CT molecular complexity index is 756. The van der Waals surface area contributed by atoms with Gasteiger partial charge in [-0.25, -0.2) is 0 Å². The zero-order valence-corrected chi connectivity index (χ0v) is 14.2. The summed E-state index contributed by atoms with van der Waals surface area (Å²) in [5.41, 5.74) is 1.97. The summed E-state index contributed by atoms with van der Waals surface area (Å²) in [6.07, 6.45) is 5.08. The van der Waals surface area contributed by atoms with Gasteiger partial charge in [-0.3, -0.25) is 14.3 Å². The fraction of sp³-hybridized carbons (Fsp3) is 0.389. The Labute approximate surface area is 146 Å². The monoisotopic (exact) mass is 341 g/mol. The molecule has 1 N–H and O–H groups in total. The SMILES string of the molecule is Cn1cc(-c2c[c]cc(OCCNC(=O)CN3CCCC3=O)c2)cn1. The smallest absolute Gasteiger partial charge is 0.239 e. The molecule has 2 amide bonds. The van der Waals surface area contributed by atoms with Gasteiger partial charge in [0.15, 0.2) is 0 Å². The van der Waals surface area contributed by atoms with Crippen LogP contribution in [0.5, 0.6) is 5.75 Å². The molecule has 2 heterocycles. The van der Waals surface area contributed by atoms with Gasteiger partial charge in [0.1, 0.15) is 12.4 Å². The van der Waals surface area contributed by atoms with Crippen molar-refractivity contribution in [2.24, 2.45) is 7.05 Å². The van der Waals surface area contributed by atoms with Crippen molar-refractivity contribution in [2.45, 2.75) is 12.8 Å². The first-order valence-electron chi connectivity index (χ1n) is 8.29. The highest BCUT2D eigenvalue weighted by Gasteiger charge is 2.21. The number of rotatable bonds is 7. The number of carbonyl (C=O) groups excluding carboxylic acids is 2. The maximum absolute atomic E-state index is 11.8. The quantitative estimate of drug-likeness (QED) is 0.763. The van der Waals surface area contributed by atoms with Gasteiger partial charge in [-0.15, -0.1) is 0 Å². The highest BCUT2D eigenvalue weighted by atomic mass is 16.5. The molecule has 0 atom stereocenters. The van der Waals surface area contributed by atoms with Crippen LogP contribution in [-0.2, 0) is 16.6 Å². The highest BCUT2D eigenvalue weighted by Crippen LogP contribution is 2.22. The summed E-state index contributed by atoms with van der Waals surface area (Å²) in [5, 5.41) is 6.92. The number of ether oxygens (including phenoxy) is 1. The summed E-state index contributed by atoms with van der Waals surface area (Å²) in [7, 11) is 1.87. The second-order valence-electron chi connectivity index (χ2n) is 5.98. The number of aryl methyl sites for hydroxylation is 1. The molecule has 25 heavy (non-hydrogen) atoms. The molecule has 1 saturated heterocycles. The van der Waals surface area contributed by atoms with Crippen molar-refractivity contribution in [3.05, 3.63) is 36.7 Å². The summed E-state index contributed by atoms with van der Waals surface area (Å²) in [6, 6.07) is 8.59. The lowest BCUT2D eigenvalue weighted by Gasteiger charge is -2.15. The van der Waals surface area contributed by atoms with Crippen molar-refractivity contribution in [2.75, 3.05) is 26.2 Å². The van der Waals surface area contributed by atoms with E-state index in [2.05, 4.69) is 16.5 Å². The molecule has 1 fully saturated rings. The fourth-order valence-corrected chi connectivity index (χ4v) is 2.73. The van der Waals surface area contributed by atoms with E-state index < -0.39 is 0 Å². The number of hydrogen-bond donors (Lipinski definition) is 1. The van der Waals surface area contributed by atoms with E-state index in [1.165, 1.54) is 0 Å². The zero-order valence-electron chi connectivity index (χ0n) is 14.2. The average molecular weight is 341 g/mol. The van der Waals surface area contributed by atoms with E-state index in [1.54, 1.807) is 21.8 Å². The van der Waals surface area contributed by atoms with Crippen LogP contribution in [0.25, 0.3) is 11.1 Å². The van der Waals surface area contributed by atoms with Crippen LogP contribution in [0.1, 0.15) is 12.8 Å². The van der Waals surface area contributed by atoms with Crippen molar-refractivity contribution in [1.82, 2.24) is 20.0 Å². The number of aromatic nitrogens is 2.